The average molecular weight is 144 g/mol. The second-order valence-corrected chi connectivity index (χ2v) is 1.98. The summed E-state index contributed by atoms with van der Waals surface area (Å²) in [5, 5.41) is 8.33. The standard InChI is InChI=1S/C7H12O3/c1-3-4-6(10-2)5-7(8)9/h3,6H,1,4-5H2,2H3,(H,8,9). The molecule has 1 unspecified atom stereocenters. The molecule has 0 aromatic rings. The van der Waals surface area contributed by atoms with E-state index in [2.05, 4.69) is 6.58 Å². The maximum atomic E-state index is 10.1. The van der Waals surface area contributed by atoms with Crippen LogP contribution in [0.4, 0.5) is 0 Å². The third-order valence-corrected chi connectivity index (χ3v) is 1.17. The van der Waals surface area contributed by atoms with E-state index in [0.717, 1.165) is 0 Å². The van der Waals surface area contributed by atoms with Crippen molar-refractivity contribution in [3.63, 3.8) is 0 Å². The molecule has 0 rings (SSSR count). The number of ether oxygens (including phenoxy) is 1. The molecule has 0 aromatic heterocycles. The van der Waals surface area contributed by atoms with Gasteiger partial charge in [-0.3, -0.25) is 4.79 Å². The van der Waals surface area contributed by atoms with Crippen molar-refractivity contribution in [1.82, 2.24) is 0 Å². The summed E-state index contributed by atoms with van der Waals surface area (Å²) in [6.45, 7) is 3.48. The second kappa shape index (κ2) is 4.99. The van der Waals surface area contributed by atoms with Gasteiger partial charge in [0, 0.05) is 7.11 Å². The fraction of sp³-hybridized carbons (Fsp3) is 0.571. The van der Waals surface area contributed by atoms with Gasteiger partial charge < -0.3 is 9.84 Å². The van der Waals surface area contributed by atoms with Crippen molar-refractivity contribution in [3.05, 3.63) is 12.7 Å². The topological polar surface area (TPSA) is 46.5 Å². The minimum atomic E-state index is -0.839. The van der Waals surface area contributed by atoms with Crippen molar-refractivity contribution in [2.24, 2.45) is 0 Å². The quantitative estimate of drug-likeness (QED) is 0.587. The van der Waals surface area contributed by atoms with Gasteiger partial charge in [-0.15, -0.1) is 6.58 Å². The van der Waals surface area contributed by atoms with E-state index in [4.69, 9.17) is 9.84 Å². The number of rotatable bonds is 5. The van der Waals surface area contributed by atoms with Crippen LogP contribution >= 0.6 is 0 Å². The van der Waals surface area contributed by atoms with Crippen molar-refractivity contribution in [2.75, 3.05) is 7.11 Å². The van der Waals surface area contributed by atoms with Crippen LogP contribution < -0.4 is 0 Å². The Bertz CT molecular complexity index is 120. The lowest BCUT2D eigenvalue weighted by molar-refractivity contribution is -0.139. The Kier molecular flexibility index (Phi) is 4.58. The van der Waals surface area contributed by atoms with Gasteiger partial charge in [-0.25, -0.2) is 0 Å². The number of hydrogen-bond acceptors (Lipinski definition) is 2. The van der Waals surface area contributed by atoms with Crippen LogP contribution in [0.1, 0.15) is 12.8 Å². The van der Waals surface area contributed by atoms with Crippen LogP contribution in [0.15, 0.2) is 12.7 Å². The van der Waals surface area contributed by atoms with Gasteiger partial charge in [0.1, 0.15) is 0 Å². The lowest BCUT2D eigenvalue weighted by atomic mass is 10.2. The van der Waals surface area contributed by atoms with Gasteiger partial charge in [0.15, 0.2) is 0 Å². The highest BCUT2D eigenvalue weighted by Crippen LogP contribution is 2.02. The summed E-state index contributed by atoms with van der Waals surface area (Å²) in [6.07, 6.45) is 2.05. The normalized spacial score (nSPS) is 12.5. The third kappa shape index (κ3) is 4.09. The van der Waals surface area contributed by atoms with E-state index < -0.39 is 5.97 Å². The van der Waals surface area contributed by atoms with E-state index >= 15 is 0 Å². The molecule has 0 aliphatic carbocycles. The Morgan fingerprint density at radius 1 is 1.90 bits per heavy atom. The van der Waals surface area contributed by atoms with E-state index in [9.17, 15) is 4.79 Å². The number of hydrogen-bond donors (Lipinski definition) is 1. The second-order valence-electron chi connectivity index (χ2n) is 1.98. The molecule has 0 bridgehead atoms. The molecule has 1 atom stereocenters. The predicted molar refractivity (Wildman–Crippen MR) is 37.9 cm³/mol. The van der Waals surface area contributed by atoms with Crippen LogP contribution in [-0.4, -0.2) is 24.3 Å². The van der Waals surface area contributed by atoms with Crippen LogP contribution in [0.25, 0.3) is 0 Å². The highest BCUT2D eigenvalue weighted by Gasteiger charge is 2.08. The Balaban J connectivity index is 3.59. The van der Waals surface area contributed by atoms with Gasteiger partial charge in [-0.05, 0) is 6.42 Å². The molecule has 0 heterocycles. The first-order valence-electron chi connectivity index (χ1n) is 3.06. The largest absolute Gasteiger partial charge is 0.481 e. The summed E-state index contributed by atoms with van der Waals surface area (Å²) >= 11 is 0. The zero-order chi connectivity index (χ0) is 7.98. The molecule has 0 saturated heterocycles. The van der Waals surface area contributed by atoms with E-state index in [1.54, 1.807) is 6.08 Å². The summed E-state index contributed by atoms with van der Waals surface area (Å²) in [5.41, 5.74) is 0. The lowest BCUT2D eigenvalue weighted by Crippen LogP contribution is -2.14. The fourth-order valence-electron chi connectivity index (χ4n) is 0.644. The molecular weight excluding hydrogens is 132 g/mol. The molecule has 0 aromatic carbocycles. The van der Waals surface area contributed by atoms with Crippen molar-refractivity contribution < 1.29 is 14.6 Å². The van der Waals surface area contributed by atoms with Crippen molar-refractivity contribution in [2.45, 2.75) is 18.9 Å². The molecule has 0 amide bonds. The van der Waals surface area contributed by atoms with Gasteiger partial charge in [-0.1, -0.05) is 6.08 Å². The summed E-state index contributed by atoms with van der Waals surface area (Å²) in [4.78, 5) is 10.1. The van der Waals surface area contributed by atoms with Crippen LogP contribution in [0.5, 0.6) is 0 Å². The average Bonchev–Trinajstić information content (AvgIpc) is 1.86. The molecular formula is C7H12O3. The van der Waals surface area contributed by atoms with Crippen molar-refractivity contribution >= 4 is 5.97 Å². The van der Waals surface area contributed by atoms with Crippen molar-refractivity contribution in [3.8, 4) is 0 Å². The minimum Gasteiger partial charge on any atom is -0.481 e. The Morgan fingerprint density at radius 3 is 2.80 bits per heavy atom. The first kappa shape index (κ1) is 9.17. The number of carboxylic acids is 1. The zero-order valence-electron chi connectivity index (χ0n) is 6.04. The van der Waals surface area contributed by atoms with E-state index in [-0.39, 0.29) is 12.5 Å². The van der Waals surface area contributed by atoms with Gasteiger partial charge in [0.05, 0.1) is 12.5 Å². The zero-order valence-corrected chi connectivity index (χ0v) is 6.04. The molecule has 0 saturated carbocycles. The number of carbonyl (C=O) groups is 1. The summed E-state index contributed by atoms with van der Waals surface area (Å²) in [6, 6.07) is 0. The number of methoxy groups -OCH3 is 1. The fourth-order valence-corrected chi connectivity index (χ4v) is 0.644. The SMILES string of the molecule is C=CCC(CC(=O)O)OC. The van der Waals surface area contributed by atoms with Gasteiger partial charge >= 0.3 is 5.97 Å². The van der Waals surface area contributed by atoms with Crippen LogP contribution in [-0.2, 0) is 9.53 Å². The first-order valence-corrected chi connectivity index (χ1v) is 3.06. The molecule has 3 nitrogen and oxygen atoms in total. The maximum Gasteiger partial charge on any atom is 0.305 e. The van der Waals surface area contributed by atoms with Crippen LogP contribution in [0, 0.1) is 0 Å². The Hall–Kier alpha value is -0.830. The molecule has 1 N–H and O–H groups in total. The predicted octanol–water partition coefficient (Wildman–Crippen LogP) is 1.05. The van der Waals surface area contributed by atoms with E-state index in [1.807, 2.05) is 0 Å². The molecule has 10 heavy (non-hydrogen) atoms. The summed E-state index contributed by atoms with van der Waals surface area (Å²) in [5.74, 6) is -0.839. The van der Waals surface area contributed by atoms with Gasteiger partial charge in [0.25, 0.3) is 0 Å². The summed E-state index contributed by atoms with van der Waals surface area (Å²) in [7, 11) is 1.50. The highest BCUT2D eigenvalue weighted by molar-refractivity contribution is 5.67. The Morgan fingerprint density at radius 2 is 2.50 bits per heavy atom. The van der Waals surface area contributed by atoms with Crippen LogP contribution in [0.3, 0.4) is 0 Å². The smallest absolute Gasteiger partial charge is 0.305 e. The molecule has 0 radical (unpaired) electrons. The summed E-state index contributed by atoms with van der Waals surface area (Å²) < 4.78 is 4.85. The first-order chi connectivity index (χ1) is 4.70. The monoisotopic (exact) mass is 144 g/mol. The van der Waals surface area contributed by atoms with Crippen molar-refractivity contribution in [1.29, 1.82) is 0 Å². The van der Waals surface area contributed by atoms with Gasteiger partial charge in [-0.2, -0.15) is 0 Å². The number of carboxylic acid groups (broad SMARTS) is 1. The lowest BCUT2D eigenvalue weighted by Gasteiger charge is -2.08. The highest BCUT2D eigenvalue weighted by atomic mass is 16.5. The number of aliphatic carboxylic acids is 1. The molecule has 0 aliphatic heterocycles. The van der Waals surface area contributed by atoms with E-state index in [1.165, 1.54) is 7.11 Å². The van der Waals surface area contributed by atoms with E-state index in [0.29, 0.717) is 6.42 Å². The third-order valence-electron chi connectivity index (χ3n) is 1.17. The molecule has 0 spiro atoms. The van der Waals surface area contributed by atoms with Gasteiger partial charge in [0.2, 0.25) is 0 Å². The van der Waals surface area contributed by atoms with Crippen LogP contribution in [0.2, 0.25) is 0 Å². The molecule has 3 heteroatoms. The molecule has 0 aliphatic rings. The maximum absolute atomic E-state index is 10.1. The Labute approximate surface area is 60.3 Å². The molecule has 58 valence electrons. The molecule has 0 fully saturated rings. The minimum absolute atomic E-state index is 0.0442.